The highest BCUT2D eigenvalue weighted by Crippen LogP contribution is 2.11. The molecule has 0 saturated carbocycles. The van der Waals surface area contributed by atoms with E-state index in [4.69, 9.17) is 0 Å². The van der Waals surface area contributed by atoms with E-state index < -0.39 is 0 Å². The third kappa shape index (κ3) is 8.46. The van der Waals surface area contributed by atoms with Crippen LogP contribution in [0.5, 0.6) is 0 Å². The van der Waals surface area contributed by atoms with E-state index in [9.17, 15) is 9.59 Å². The maximum Gasteiger partial charge on any atom is 0.319 e. The number of halogens is 1. The number of nitrogens with zero attached hydrogens (tertiary/aromatic N) is 2. The van der Waals surface area contributed by atoms with Gasteiger partial charge in [0, 0.05) is 50.9 Å². The molecule has 1 aliphatic rings. The molecule has 1 fully saturated rings. The number of nitrogens with one attached hydrogen (secondary N) is 4. The maximum absolute atomic E-state index is 11.8. The Bertz CT molecular complexity index is 693. The fourth-order valence-corrected chi connectivity index (χ4v) is 3.04. The smallest absolute Gasteiger partial charge is 0.319 e. The summed E-state index contributed by atoms with van der Waals surface area (Å²) >= 11 is 0. The van der Waals surface area contributed by atoms with Gasteiger partial charge in [-0.2, -0.15) is 0 Å². The van der Waals surface area contributed by atoms with Crippen LogP contribution >= 0.6 is 24.0 Å². The monoisotopic (exact) mass is 516 g/mol. The lowest BCUT2D eigenvalue weighted by Crippen LogP contribution is -2.44. The molecule has 162 valence electrons. The van der Waals surface area contributed by atoms with Gasteiger partial charge in [0.1, 0.15) is 0 Å². The SMILES string of the molecule is CCC(=O)N1CCC(NC(=NC)NCc2ccc(NC(=O)NC(C)C)cc2)C1.I. The zero-order valence-corrected chi connectivity index (χ0v) is 19.9. The van der Waals surface area contributed by atoms with Gasteiger partial charge in [0.15, 0.2) is 5.96 Å². The number of hydrogen-bond acceptors (Lipinski definition) is 3. The van der Waals surface area contributed by atoms with Gasteiger partial charge < -0.3 is 26.2 Å². The van der Waals surface area contributed by atoms with Crippen LogP contribution in [-0.2, 0) is 11.3 Å². The zero-order valence-electron chi connectivity index (χ0n) is 17.6. The van der Waals surface area contributed by atoms with Crippen molar-refractivity contribution in [1.82, 2.24) is 20.9 Å². The normalized spacial score (nSPS) is 16.2. The van der Waals surface area contributed by atoms with E-state index in [1.165, 1.54) is 0 Å². The average Bonchev–Trinajstić information content (AvgIpc) is 3.13. The van der Waals surface area contributed by atoms with E-state index >= 15 is 0 Å². The first-order valence-corrected chi connectivity index (χ1v) is 9.82. The van der Waals surface area contributed by atoms with Crippen molar-refractivity contribution >= 4 is 47.6 Å². The van der Waals surface area contributed by atoms with E-state index in [2.05, 4.69) is 26.3 Å². The average molecular weight is 516 g/mol. The molecule has 1 aromatic rings. The number of carbonyl (C=O) groups excluding carboxylic acids is 2. The number of aliphatic imine (C=N–C) groups is 1. The third-order valence-corrected chi connectivity index (χ3v) is 4.50. The molecular formula is C20H33IN6O2. The van der Waals surface area contributed by atoms with Gasteiger partial charge in [-0.1, -0.05) is 19.1 Å². The summed E-state index contributed by atoms with van der Waals surface area (Å²) in [4.78, 5) is 29.7. The molecule has 1 aromatic carbocycles. The lowest BCUT2D eigenvalue weighted by Gasteiger charge is -2.19. The van der Waals surface area contributed by atoms with Gasteiger partial charge in [-0.15, -0.1) is 24.0 Å². The minimum Gasteiger partial charge on any atom is -0.352 e. The minimum absolute atomic E-state index is 0. The van der Waals surface area contributed by atoms with Crippen molar-refractivity contribution in [2.45, 2.75) is 52.2 Å². The molecule has 1 unspecified atom stereocenters. The summed E-state index contributed by atoms with van der Waals surface area (Å²) in [6.45, 7) is 7.84. The molecule has 9 heteroatoms. The molecule has 1 heterocycles. The second-order valence-electron chi connectivity index (χ2n) is 7.20. The summed E-state index contributed by atoms with van der Waals surface area (Å²) < 4.78 is 0. The first kappa shape index (κ1) is 25.0. The standard InChI is InChI=1S/C20H32N6O2.HI/c1-5-18(27)26-11-10-17(13-26)24-19(21-4)22-12-15-6-8-16(9-7-15)25-20(28)23-14(2)3;/h6-9,14,17H,5,10-13H2,1-4H3,(H2,21,22,24)(H2,23,25,28);1H. The highest BCUT2D eigenvalue weighted by molar-refractivity contribution is 14.0. The molecule has 0 bridgehead atoms. The summed E-state index contributed by atoms with van der Waals surface area (Å²) in [7, 11) is 1.74. The van der Waals surface area contributed by atoms with E-state index in [1.807, 2.05) is 49.9 Å². The van der Waals surface area contributed by atoms with Crippen LogP contribution in [-0.4, -0.2) is 55.0 Å². The largest absolute Gasteiger partial charge is 0.352 e. The number of carbonyl (C=O) groups is 2. The van der Waals surface area contributed by atoms with E-state index in [0.717, 1.165) is 24.2 Å². The number of urea groups is 1. The van der Waals surface area contributed by atoms with Crippen LogP contribution < -0.4 is 21.3 Å². The summed E-state index contributed by atoms with van der Waals surface area (Å²) in [6, 6.07) is 7.77. The number of benzene rings is 1. The molecule has 29 heavy (non-hydrogen) atoms. The van der Waals surface area contributed by atoms with Gasteiger partial charge in [-0.3, -0.25) is 9.79 Å². The molecule has 0 spiro atoms. The number of amides is 3. The van der Waals surface area contributed by atoms with Crippen molar-refractivity contribution in [3.05, 3.63) is 29.8 Å². The molecule has 1 atom stereocenters. The Kier molecular flexibility index (Phi) is 10.8. The summed E-state index contributed by atoms with van der Waals surface area (Å²) in [5.41, 5.74) is 1.82. The zero-order chi connectivity index (χ0) is 20.5. The molecule has 3 amide bonds. The molecule has 8 nitrogen and oxygen atoms in total. The molecule has 4 N–H and O–H groups in total. The number of rotatable bonds is 6. The van der Waals surface area contributed by atoms with Crippen LogP contribution in [0.2, 0.25) is 0 Å². The molecule has 0 aromatic heterocycles. The Morgan fingerprint density at radius 3 is 2.52 bits per heavy atom. The quantitative estimate of drug-likeness (QED) is 0.266. The predicted octanol–water partition coefficient (Wildman–Crippen LogP) is 2.51. The fraction of sp³-hybridized carbons (Fsp3) is 0.550. The third-order valence-electron chi connectivity index (χ3n) is 4.50. The fourth-order valence-electron chi connectivity index (χ4n) is 3.04. The van der Waals surface area contributed by atoms with Gasteiger partial charge in [0.05, 0.1) is 0 Å². The molecule has 1 aliphatic heterocycles. The van der Waals surface area contributed by atoms with Crippen molar-refractivity contribution in [2.24, 2.45) is 4.99 Å². The summed E-state index contributed by atoms with van der Waals surface area (Å²) in [5, 5.41) is 12.3. The van der Waals surface area contributed by atoms with Gasteiger partial charge in [0.2, 0.25) is 5.91 Å². The number of hydrogen-bond donors (Lipinski definition) is 4. The minimum atomic E-state index is -0.211. The van der Waals surface area contributed by atoms with E-state index in [0.29, 0.717) is 25.5 Å². The lowest BCUT2D eigenvalue weighted by atomic mass is 10.2. The highest BCUT2D eigenvalue weighted by atomic mass is 127. The lowest BCUT2D eigenvalue weighted by molar-refractivity contribution is -0.129. The van der Waals surface area contributed by atoms with Gasteiger partial charge in [-0.25, -0.2) is 4.79 Å². The van der Waals surface area contributed by atoms with Crippen LogP contribution in [0.25, 0.3) is 0 Å². The summed E-state index contributed by atoms with van der Waals surface area (Å²) in [5.74, 6) is 0.914. The van der Waals surface area contributed by atoms with E-state index in [-0.39, 0.29) is 48.0 Å². The topological polar surface area (TPSA) is 97.9 Å². The molecule has 0 aliphatic carbocycles. The second-order valence-corrected chi connectivity index (χ2v) is 7.20. The van der Waals surface area contributed by atoms with Crippen molar-refractivity contribution in [3.8, 4) is 0 Å². The first-order valence-electron chi connectivity index (χ1n) is 9.82. The molecule has 1 saturated heterocycles. The maximum atomic E-state index is 11.8. The second kappa shape index (κ2) is 12.5. The Labute approximate surface area is 190 Å². The van der Waals surface area contributed by atoms with Gasteiger partial charge in [-0.05, 0) is 38.0 Å². The Morgan fingerprint density at radius 1 is 1.24 bits per heavy atom. The van der Waals surface area contributed by atoms with E-state index in [1.54, 1.807) is 7.05 Å². The van der Waals surface area contributed by atoms with Crippen LogP contribution in [0, 0.1) is 0 Å². The van der Waals surface area contributed by atoms with Crippen LogP contribution in [0.3, 0.4) is 0 Å². The number of guanidine groups is 1. The Balaban J connectivity index is 0.00000420. The van der Waals surface area contributed by atoms with Crippen molar-refractivity contribution in [3.63, 3.8) is 0 Å². The summed E-state index contributed by atoms with van der Waals surface area (Å²) in [6.07, 6.45) is 1.47. The number of anilines is 1. The molecule has 2 rings (SSSR count). The molecular weight excluding hydrogens is 483 g/mol. The van der Waals surface area contributed by atoms with Crippen LogP contribution in [0.4, 0.5) is 10.5 Å². The predicted molar refractivity (Wildman–Crippen MR) is 128 cm³/mol. The van der Waals surface area contributed by atoms with Crippen molar-refractivity contribution in [2.75, 3.05) is 25.5 Å². The van der Waals surface area contributed by atoms with Crippen molar-refractivity contribution in [1.29, 1.82) is 0 Å². The van der Waals surface area contributed by atoms with Crippen LogP contribution in [0.1, 0.15) is 39.2 Å². The Morgan fingerprint density at radius 2 is 1.93 bits per heavy atom. The molecule has 0 radical (unpaired) electrons. The van der Waals surface area contributed by atoms with Crippen LogP contribution in [0.15, 0.2) is 29.3 Å². The van der Waals surface area contributed by atoms with Crippen molar-refractivity contribution < 1.29 is 9.59 Å². The number of likely N-dealkylation sites (tertiary alicyclic amines) is 1. The van der Waals surface area contributed by atoms with Gasteiger partial charge >= 0.3 is 6.03 Å². The Hall–Kier alpha value is -2.04. The van der Waals surface area contributed by atoms with Gasteiger partial charge in [0.25, 0.3) is 0 Å². The first-order chi connectivity index (χ1) is 13.4. The highest BCUT2D eigenvalue weighted by Gasteiger charge is 2.25.